The Balaban J connectivity index is 0.000000293. The SMILES string of the molecule is CC(C)(C)OC(=O)N1CC[C@H](O)[C@H]1C(=O)O.O=C(O)[C@H]1NCC[C@@H]1O. The molecule has 0 aliphatic carbocycles. The molecule has 2 aliphatic rings. The van der Waals surface area contributed by atoms with Gasteiger partial charge in [0, 0.05) is 6.54 Å². The third-order valence-corrected chi connectivity index (χ3v) is 3.70. The monoisotopic (exact) mass is 362 g/mol. The highest BCUT2D eigenvalue weighted by molar-refractivity contribution is 5.81. The van der Waals surface area contributed by atoms with Gasteiger partial charge in [0.1, 0.15) is 11.6 Å². The molecular formula is C15H26N2O8. The number of carboxylic acids is 2. The second-order valence-electron chi connectivity index (χ2n) is 6.94. The van der Waals surface area contributed by atoms with E-state index < -0.39 is 47.9 Å². The van der Waals surface area contributed by atoms with Gasteiger partial charge in [-0.05, 0) is 40.2 Å². The summed E-state index contributed by atoms with van der Waals surface area (Å²) in [5.74, 6) is -2.18. The van der Waals surface area contributed by atoms with E-state index in [2.05, 4.69) is 5.32 Å². The molecule has 1 amide bonds. The number of carbonyl (C=O) groups is 3. The summed E-state index contributed by atoms with van der Waals surface area (Å²) in [6.07, 6.45) is -1.63. The molecule has 2 aliphatic heterocycles. The van der Waals surface area contributed by atoms with Crippen molar-refractivity contribution in [2.24, 2.45) is 0 Å². The summed E-state index contributed by atoms with van der Waals surface area (Å²) >= 11 is 0. The molecule has 2 fully saturated rings. The van der Waals surface area contributed by atoms with E-state index in [1.165, 1.54) is 0 Å². The minimum Gasteiger partial charge on any atom is -0.480 e. The van der Waals surface area contributed by atoms with Crippen molar-refractivity contribution in [3.63, 3.8) is 0 Å². The fourth-order valence-electron chi connectivity index (χ4n) is 2.54. The maximum absolute atomic E-state index is 11.7. The van der Waals surface area contributed by atoms with Gasteiger partial charge in [-0.1, -0.05) is 0 Å². The normalized spacial score (nSPS) is 28.9. The molecule has 0 unspecified atom stereocenters. The lowest BCUT2D eigenvalue weighted by Gasteiger charge is -2.27. The van der Waals surface area contributed by atoms with E-state index in [0.717, 1.165) is 4.90 Å². The average Bonchev–Trinajstić information content (AvgIpc) is 3.03. The van der Waals surface area contributed by atoms with Gasteiger partial charge >= 0.3 is 18.0 Å². The highest BCUT2D eigenvalue weighted by atomic mass is 16.6. The van der Waals surface area contributed by atoms with Crippen molar-refractivity contribution in [2.45, 2.75) is 63.5 Å². The summed E-state index contributed by atoms with van der Waals surface area (Å²) in [4.78, 5) is 33.8. The molecule has 2 rings (SSSR count). The van der Waals surface area contributed by atoms with Crippen LogP contribution >= 0.6 is 0 Å². The molecule has 0 aromatic heterocycles. The Morgan fingerprint density at radius 2 is 1.64 bits per heavy atom. The molecule has 25 heavy (non-hydrogen) atoms. The molecule has 0 saturated carbocycles. The standard InChI is InChI=1S/C10H17NO5.C5H9NO3/c1-10(2,3)16-9(15)11-5-4-6(12)7(11)8(13)14;7-3-1-2-6-4(3)5(8)9/h6-7,12H,4-5H2,1-3H3,(H,13,14);3-4,6-7H,1-2H2,(H,8,9)/t6-,7-;3-,4-/m00/s1. The summed E-state index contributed by atoms with van der Waals surface area (Å²) in [7, 11) is 0. The Morgan fingerprint density at radius 3 is 2.00 bits per heavy atom. The molecule has 2 heterocycles. The highest BCUT2D eigenvalue weighted by Gasteiger charge is 2.42. The zero-order chi connectivity index (χ0) is 19.4. The van der Waals surface area contributed by atoms with Crippen LogP contribution in [0.2, 0.25) is 0 Å². The van der Waals surface area contributed by atoms with E-state index in [1.54, 1.807) is 20.8 Å². The smallest absolute Gasteiger partial charge is 0.411 e. The van der Waals surface area contributed by atoms with Gasteiger partial charge in [-0.25, -0.2) is 9.59 Å². The van der Waals surface area contributed by atoms with Gasteiger partial charge in [-0.2, -0.15) is 0 Å². The maximum atomic E-state index is 11.7. The van der Waals surface area contributed by atoms with Crippen LogP contribution in [-0.2, 0) is 14.3 Å². The molecule has 0 spiro atoms. The van der Waals surface area contributed by atoms with Gasteiger partial charge in [0.15, 0.2) is 6.04 Å². The highest BCUT2D eigenvalue weighted by Crippen LogP contribution is 2.21. The van der Waals surface area contributed by atoms with Crippen LogP contribution in [0, 0.1) is 0 Å². The average molecular weight is 362 g/mol. The lowest BCUT2D eigenvalue weighted by Crippen LogP contribution is -2.46. The molecule has 0 aromatic rings. The minimum absolute atomic E-state index is 0.201. The number of rotatable bonds is 2. The second kappa shape index (κ2) is 8.45. The number of likely N-dealkylation sites (tertiary alicyclic amines) is 1. The van der Waals surface area contributed by atoms with Crippen molar-refractivity contribution in [3.8, 4) is 0 Å². The maximum Gasteiger partial charge on any atom is 0.411 e. The van der Waals surface area contributed by atoms with Gasteiger partial charge in [-0.15, -0.1) is 0 Å². The minimum atomic E-state index is -1.21. The molecule has 2 saturated heterocycles. The predicted octanol–water partition coefficient (Wildman–Crippen LogP) is -0.765. The predicted molar refractivity (Wildman–Crippen MR) is 85.0 cm³/mol. The topological polar surface area (TPSA) is 157 Å². The zero-order valence-electron chi connectivity index (χ0n) is 14.5. The number of hydrogen-bond donors (Lipinski definition) is 5. The van der Waals surface area contributed by atoms with Crippen LogP contribution in [-0.4, -0.2) is 86.3 Å². The van der Waals surface area contributed by atoms with E-state index >= 15 is 0 Å². The van der Waals surface area contributed by atoms with Crippen LogP contribution in [0.1, 0.15) is 33.6 Å². The van der Waals surface area contributed by atoms with Gasteiger partial charge in [0.25, 0.3) is 0 Å². The Morgan fingerprint density at radius 1 is 1.04 bits per heavy atom. The van der Waals surface area contributed by atoms with Crippen LogP contribution in [0.25, 0.3) is 0 Å². The van der Waals surface area contributed by atoms with Gasteiger partial charge in [0.05, 0.1) is 12.2 Å². The molecule has 10 heteroatoms. The summed E-state index contributed by atoms with van der Waals surface area (Å²) < 4.78 is 5.06. The van der Waals surface area contributed by atoms with E-state index in [9.17, 15) is 19.5 Å². The Bertz CT molecular complexity index is 504. The summed E-state index contributed by atoms with van der Waals surface area (Å²) in [5, 5.41) is 38.3. The number of carboxylic acid groups (broad SMARTS) is 2. The number of nitrogens with zero attached hydrogens (tertiary/aromatic N) is 1. The molecule has 0 radical (unpaired) electrons. The third kappa shape index (κ3) is 6.15. The largest absolute Gasteiger partial charge is 0.480 e. The summed E-state index contributed by atoms with van der Waals surface area (Å²) in [6, 6.07) is -1.94. The first-order valence-corrected chi connectivity index (χ1v) is 7.99. The van der Waals surface area contributed by atoms with Crippen molar-refractivity contribution in [1.82, 2.24) is 10.2 Å². The Hall–Kier alpha value is -1.91. The molecule has 0 bridgehead atoms. The fourth-order valence-corrected chi connectivity index (χ4v) is 2.54. The van der Waals surface area contributed by atoms with Crippen molar-refractivity contribution >= 4 is 18.0 Å². The zero-order valence-corrected chi connectivity index (χ0v) is 14.5. The van der Waals surface area contributed by atoms with Crippen molar-refractivity contribution in [1.29, 1.82) is 0 Å². The Kier molecular flexibility index (Phi) is 7.15. The van der Waals surface area contributed by atoms with Crippen LogP contribution < -0.4 is 5.32 Å². The first kappa shape index (κ1) is 21.1. The second-order valence-corrected chi connectivity index (χ2v) is 6.94. The molecule has 0 aromatic carbocycles. The first-order valence-electron chi connectivity index (χ1n) is 7.99. The number of hydrogen-bond acceptors (Lipinski definition) is 7. The first-order chi connectivity index (χ1) is 11.4. The van der Waals surface area contributed by atoms with Crippen LogP contribution in [0.5, 0.6) is 0 Å². The van der Waals surface area contributed by atoms with Crippen LogP contribution in [0.4, 0.5) is 4.79 Å². The molecule has 10 nitrogen and oxygen atoms in total. The van der Waals surface area contributed by atoms with E-state index in [1.807, 2.05) is 0 Å². The molecule has 4 atom stereocenters. The Labute approximate surface area is 145 Å². The number of aliphatic hydroxyl groups is 2. The van der Waals surface area contributed by atoms with Gasteiger partial charge in [-0.3, -0.25) is 9.69 Å². The number of amides is 1. The van der Waals surface area contributed by atoms with Gasteiger partial charge in [0.2, 0.25) is 0 Å². The van der Waals surface area contributed by atoms with Crippen molar-refractivity contribution in [3.05, 3.63) is 0 Å². The van der Waals surface area contributed by atoms with Crippen molar-refractivity contribution in [2.75, 3.05) is 13.1 Å². The van der Waals surface area contributed by atoms with E-state index in [0.29, 0.717) is 13.0 Å². The number of aliphatic hydroxyl groups excluding tert-OH is 2. The van der Waals surface area contributed by atoms with Crippen LogP contribution in [0.3, 0.4) is 0 Å². The third-order valence-electron chi connectivity index (χ3n) is 3.70. The lowest BCUT2D eigenvalue weighted by molar-refractivity contribution is -0.145. The summed E-state index contributed by atoms with van der Waals surface area (Å²) in [6.45, 7) is 5.90. The number of carbonyl (C=O) groups excluding carboxylic acids is 1. The van der Waals surface area contributed by atoms with Crippen LogP contribution in [0.15, 0.2) is 0 Å². The number of ether oxygens (including phenoxy) is 1. The van der Waals surface area contributed by atoms with E-state index in [-0.39, 0.29) is 13.0 Å². The lowest BCUT2D eigenvalue weighted by atomic mass is 10.2. The quantitative estimate of drug-likeness (QED) is 0.426. The van der Waals surface area contributed by atoms with E-state index in [4.69, 9.17) is 20.1 Å². The number of nitrogens with one attached hydrogen (secondary N) is 1. The molecule has 5 N–H and O–H groups in total. The fraction of sp³-hybridized carbons (Fsp3) is 0.800. The molecular weight excluding hydrogens is 336 g/mol. The van der Waals surface area contributed by atoms with Crippen molar-refractivity contribution < 1.29 is 39.5 Å². The number of aliphatic carboxylic acids is 2. The summed E-state index contributed by atoms with van der Waals surface area (Å²) in [5.41, 5.74) is -0.673. The van der Waals surface area contributed by atoms with Gasteiger partial charge < -0.3 is 30.5 Å². The molecule has 144 valence electrons.